The first kappa shape index (κ1) is 20.0. The zero-order valence-electron chi connectivity index (χ0n) is 13.3. The molecular formula is C14H29ClN4O2. The van der Waals surface area contributed by atoms with Gasteiger partial charge in [-0.25, -0.2) is 4.79 Å². The number of amides is 3. The van der Waals surface area contributed by atoms with E-state index >= 15 is 0 Å². The molecule has 0 aliphatic carbocycles. The summed E-state index contributed by atoms with van der Waals surface area (Å²) in [6, 6.07) is -0.0190. The molecule has 21 heavy (non-hydrogen) atoms. The molecule has 1 aliphatic rings. The molecule has 6 nitrogen and oxygen atoms in total. The summed E-state index contributed by atoms with van der Waals surface area (Å²) in [6.45, 7) is 8.12. The molecule has 0 aromatic rings. The molecule has 0 aromatic carbocycles. The SMILES string of the molecule is CCNC(=O)N1CCC(NC(=O)C(CC)(CC)CN)C1.Cl. The predicted octanol–water partition coefficient (Wildman–Crippen LogP) is 1.09. The van der Waals surface area contributed by atoms with Crippen LogP contribution in [0.2, 0.25) is 0 Å². The predicted molar refractivity (Wildman–Crippen MR) is 86.5 cm³/mol. The Morgan fingerprint density at radius 2 is 1.90 bits per heavy atom. The number of nitrogens with one attached hydrogen (secondary N) is 2. The number of hydrogen-bond acceptors (Lipinski definition) is 3. The van der Waals surface area contributed by atoms with Gasteiger partial charge in [0, 0.05) is 32.2 Å². The Labute approximate surface area is 133 Å². The molecule has 0 aromatic heterocycles. The molecule has 1 rings (SSSR count). The summed E-state index contributed by atoms with van der Waals surface area (Å²) in [6.07, 6.45) is 2.27. The number of nitrogens with two attached hydrogens (primary N) is 1. The fraction of sp³-hybridized carbons (Fsp3) is 0.857. The van der Waals surface area contributed by atoms with Gasteiger partial charge >= 0.3 is 6.03 Å². The van der Waals surface area contributed by atoms with Crippen molar-refractivity contribution in [2.24, 2.45) is 11.1 Å². The van der Waals surface area contributed by atoms with Crippen molar-refractivity contribution in [1.82, 2.24) is 15.5 Å². The topological polar surface area (TPSA) is 87.5 Å². The molecule has 0 saturated carbocycles. The molecule has 0 radical (unpaired) electrons. The van der Waals surface area contributed by atoms with Crippen molar-refractivity contribution in [3.63, 3.8) is 0 Å². The maximum atomic E-state index is 12.4. The van der Waals surface area contributed by atoms with Crippen molar-refractivity contribution >= 4 is 24.3 Å². The summed E-state index contributed by atoms with van der Waals surface area (Å²) in [5, 5.41) is 5.84. The van der Waals surface area contributed by atoms with E-state index in [9.17, 15) is 9.59 Å². The Hall–Kier alpha value is -1.01. The lowest BCUT2D eigenvalue weighted by atomic mass is 9.81. The average molecular weight is 321 g/mol. The van der Waals surface area contributed by atoms with E-state index < -0.39 is 5.41 Å². The lowest BCUT2D eigenvalue weighted by molar-refractivity contribution is -0.131. The van der Waals surface area contributed by atoms with Crippen LogP contribution in [0.1, 0.15) is 40.0 Å². The van der Waals surface area contributed by atoms with Crippen LogP contribution in [0.4, 0.5) is 4.79 Å². The van der Waals surface area contributed by atoms with E-state index in [1.807, 2.05) is 20.8 Å². The van der Waals surface area contributed by atoms with Crippen LogP contribution in [0.25, 0.3) is 0 Å². The van der Waals surface area contributed by atoms with Gasteiger partial charge in [-0.2, -0.15) is 0 Å². The van der Waals surface area contributed by atoms with Gasteiger partial charge in [-0.15, -0.1) is 12.4 Å². The fourth-order valence-corrected chi connectivity index (χ4v) is 2.62. The number of carbonyl (C=O) groups excluding carboxylic acids is 2. The first-order valence-corrected chi connectivity index (χ1v) is 7.56. The van der Waals surface area contributed by atoms with Gasteiger partial charge in [-0.1, -0.05) is 13.8 Å². The number of carbonyl (C=O) groups is 2. The molecule has 1 saturated heterocycles. The van der Waals surface area contributed by atoms with Gasteiger partial charge in [-0.05, 0) is 26.2 Å². The fourth-order valence-electron chi connectivity index (χ4n) is 2.62. The Morgan fingerprint density at radius 1 is 1.29 bits per heavy atom. The highest BCUT2D eigenvalue weighted by atomic mass is 35.5. The van der Waals surface area contributed by atoms with Crippen LogP contribution >= 0.6 is 12.4 Å². The van der Waals surface area contributed by atoms with E-state index in [1.165, 1.54) is 0 Å². The first-order valence-electron chi connectivity index (χ1n) is 7.56. The zero-order valence-corrected chi connectivity index (χ0v) is 14.1. The van der Waals surface area contributed by atoms with Crippen molar-refractivity contribution in [3.05, 3.63) is 0 Å². The average Bonchev–Trinajstić information content (AvgIpc) is 2.90. The number of halogens is 1. The molecular weight excluding hydrogens is 292 g/mol. The van der Waals surface area contributed by atoms with Gasteiger partial charge in [0.25, 0.3) is 0 Å². The standard InChI is InChI=1S/C14H28N4O2.ClH/c1-4-14(5-2,10-15)12(19)17-11-7-8-18(9-11)13(20)16-6-3;/h11H,4-10,15H2,1-3H3,(H,16,20)(H,17,19);1H. The minimum Gasteiger partial charge on any atom is -0.351 e. The van der Waals surface area contributed by atoms with Crippen molar-refractivity contribution in [2.75, 3.05) is 26.2 Å². The summed E-state index contributed by atoms with van der Waals surface area (Å²) in [4.78, 5) is 25.9. The maximum Gasteiger partial charge on any atom is 0.317 e. The monoisotopic (exact) mass is 320 g/mol. The summed E-state index contributed by atoms with van der Waals surface area (Å²) in [5.74, 6) is 0.0211. The molecule has 0 spiro atoms. The highest BCUT2D eigenvalue weighted by molar-refractivity contribution is 5.85. The highest BCUT2D eigenvalue weighted by Gasteiger charge is 2.36. The van der Waals surface area contributed by atoms with Crippen LogP contribution in [0, 0.1) is 5.41 Å². The van der Waals surface area contributed by atoms with E-state index in [0.29, 0.717) is 26.2 Å². The number of rotatable bonds is 6. The van der Waals surface area contributed by atoms with E-state index in [1.54, 1.807) is 4.90 Å². The number of hydrogen-bond donors (Lipinski definition) is 3. The Morgan fingerprint density at radius 3 is 2.38 bits per heavy atom. The molecule has 3 amide bonds. The minimum absolute atomic E-state index is 0. The molecule has 1 unspecified atom stereocenters. The smallest absolute Gasteiger partial charge is 0.317 e. The van der Waals surface area contributed by atoms with Gasteiger partial charge in [0.15, 0.2) is 0 Å². The summed E-state index contributed by atoms with van der Waals surface area (Å²) >= 11 is 0. The van der Waals surface area contributed by atoms with E-state index in [4.69, 9.17) is 5.73 Å². The quantitative estimate of drug-likeness (QED) is 0.684. The lowest BCUT2D eigenvalue weighted by Gasteiger charge is -2.30. The molecule has 1 heterocycles. The third-order valence-corrected chi connectivity index (χ3v) is 4.36. The van der Waals surface area contributed by atoms with Crippen molar-refractivity contribution in [3.8, 4) is 0 Å². The summed E-state index contributed by atoms with van der Waals surface area (Å²) < 4.78 is 0. The van der Waals surface area contributed by atoms with E-state index in [2.05, 4.69) is 10.6 Å². The van der Waals surface area contributed by atoms with Gasteiger partial charge in [-0.3, -0.25) is 4.79 Å². The second-order valence-electron chi connectivity index (χ2n) is 5.43. The molecule has 1 fully saturated rings. The molecule has 1 atom stereocenters. The van der Waals surface area contributed by atoms with E-state index in [-0.39, 0.29) is 30.4 Å². The first-order chi connectivity index (χ1) is 9.52. The molecule has 0 bridgehead atoms. The molecule has 124 valence electrons. The van der Waals surface area contributed by atoms with Crippen LogP contribution in [-0.2, 0) is 4.79 Å². The molecule has 1 aliphatic heterocycles. The third kappa shape index (κ3) is 4.74. The number of likely N-dealkylation sites (tertiary alicyclic amines) is 1. The van der Waals surface area contributed by atoms with Crippen LogP contribution in [0.3, 0.4) is 0 Å². The van der Waals surface area contributed by atoms with E-state index in [0.717, 1.165) is 19.3 Å². The number of urea groups is 1. The third-order valence-electron chi connectivity index (χ3n) is 4.36. The lowest BCUT2D eigenvalue weighted by Crippen LogP contribution is -2.50. The normalized spacial score (nSPS) is 18.1. The zero-order chi connectivity index (χ0) is 15.2. The highest BCUT2D eigenvalue weighted by Crippen LogP contribution is 2.25. The summed E-state index contributed by atoms with van der Waals surface area (Å²) in [7, 11) is 0. The number of nitrogens with zero attached hydrogens (tertiary/aromatic N) is 1. The van der Waals surface area contributed by atoms with Crippen LogP contribution < -0.4 is 16.4 Å². The molecule has 4 N–H and O–H groups in total. The second-order valence-corrected chi connectivity index (χ2v) is 5.43. The molecule has 7 heteroatoms. The largest absolute Gasteiger partial charge is 0.351 e. The Bertz CT molecular complexity index is 340. The summed E-state index contributed by atoms with van der Waals surface area (Å²) in [5.41, 5.74) is 5.31. The second kappa shape index (κ2) is 9.10. The van der Waals surface area contributed by atoms with Gasteiger partial charge in [0.1, 0.15) is 0 Å². The van der Waals surface area contributed by atoms with Gasteiger partial charge in [0.2, 0.25) is 5.91 Å². The minimum atomic E-state index is -0.473. The Balaban J connectivity index is 0.00000400. The van der Waals surface area contributed by atoms with Crippen molar-refractivity contribution in [2.45, 2.75) is 46.1 Å². The maximum absolute atomic E-state index is 12.4. The van der Waals surface area contributed by atoms with Crippen LogP contribution in [-0.4, -0.2) is 49.1 Å². The van der Waals surface area contributed by atoms with Crippen LogP contribution in [0.5, 0.6) is 0 Å². The van der Waals surface area contributed by atoms with Crippen LogP contribution in [0.15, 0.2) is 0 Å². The Kier molecular flexibility index (Phi) is 8.66. The van der Waals surface area contributed by atoms with Crippen molar-refractivity contribution < 1.29 is 9.59 Å². The van der Waals surface area contributed by atoms with Crippen molar-refractivity contribution in [1.29, 1.82) is 0 Å². The van der Waals surface area contributed by atoms with Gasteiger partial charge < -0.3 is 21.3 Å². The van der Waals surface area contributed by atoms with Gasteiger partial charge in [0.05, 0.1) is 5.41 Å².